The molecule has 0 spiro atoms. The van der Waals surface area contributed by atoms with Crippen LogP contribution in [0.2, 0.25) is 5.02 Å². The summed E-state index contributed by atoms with van der Waals surface area (Å²) in [6, 6.07) is 0.714. The Bertz CT molecular complexity index is 353. The summed E-state index contributed by atoms with van der Waals surface area (Å²) in [5.41, 5.74) is 4.84. The molecule has 2 nitrogen and oxygen atoms in total. The van der Waals surface area contributed by atoms with Gasteiger partial charge in [0.15, 0.2) is 17.4 Å². The van der Waals surface area contributed by atoms with Gasteiger partial charge >= 0.3 is 0 Å². The Kier molecular flexibility index (Phi) is 3.43. The van der Waals surface area contributed by atoms with Crippen molar-refractivity contribution in [1.82, 2.24) is 0 Å². The third-order valence-corrected chi connectivity index (χ3v) is 1.88. The molecular weight excluding hydrogens is 212 g/mol. The topological polar surface area (TPSA) is 46.2 Å². The lowest BCUT2D eigenvalue weighted by atomic mass is 10.1. The van der Waals surface area contributed by atoms with Crippen LogP contribution in [0.15, 0.2) is 12.1 Å². The molecule has 0 aliphatic carbocycles. The van der Waals surface area contributed by atoms with Crippen LogP contribution in [0.1, 0.15) is 5.56 Å². The summed E-state index contributed by atoms with van der Waals surface area (Å²) >= 11 is 5.38. The number of hydrogen-bond donors (Lipinski definition) is 2. The van der Waals surface area contributed by atoms with Crippen molar-refractivity contribution in [2.24, 2.45) is 5.73 Å². The van der Waals surface area contributed by atoms with Gasteiger partial charge in [-0.15, -0.1) is 0 Å². The van der Waals surface area contributed by atoms with E-state index in [1.807, 2.05) is 0 Å². The van der Waals surface area contributed by atoms with Gasteiger partial charge in [0.25, 0.3) is 0 Å². The highest BCUT2D eigenvalue weighted by molar-refractivity contribution is 6.31. The van der Waals surface area contributed by atoms with Crippen LogP contribution in [0, 0.1) is 11.6 Å². The number of rotatable bonds is 2. The molecule has 3 N–H and O–H groups in total. The molecule has 1 aromatic carbocycles. The molecule has 1 rings (SSSR count). The normalized spacial score (nSPS) is 11.1. The Morgan fingerprint density at radius 1 is 1.50 bits per heavy atom. The molecule has 0 atom stereocenters. The summed E-state index contributed by atoms with van der Waals surface area (Å²) in [4.78, 5) is 0. The summed E-state index contributed by atoms with van der Waals surface area (Å²) in [5, 5.41) is 8.79. The Morgan fingerprint density at radius 2 is 2.14 bits per heavy atom. The molecule has 0 saturated heterocycles. The molecule has 0 unspecified atom stereocenters. The molecule has 76 valence electrons. The lowest BCUT2D eigenvalue weighted by Crippen LogP contribution is -1.94. The summed E-state index contributed by atoms with van der Waals surface area (Å²) in [5.74, 6) is -2.60. The van der Waals surface area contributed by atoms with Gasteiger partial charge in [-0.25, -0.2) is 8.78 Å². The summed E-state index contributed by atoms with van der Waals surface area (Å²) in [6.45, 7) is 0.160. The second kappa shape index (κ2) is 4.39. The van der Waals surface area contributed by atoms with E-state index in [4.69, 9.17) is 22.4 Å². The standard InChI is InChI=1S/C9H8ClF2NO/c10-6-4-7(11)9(14)5(8(6)12)2-1-3-13/h1-2,4,14H,3,13H2/b2-1+. The first-order valence-corrected chi connectivity index (χ1v) is 4.18. The second-order valence-electron chi connectivity index (χ2n) is 2.55. The molecular formula is C9H8ClF2NO. The summed E-state index contributed by atoms with van der Waals surface area (Å²) in [6.07, 6.45) is 2.56. The lowest BCUT2D eigenvalue weighted by Gasteiger charge is -2.04. The van der Waals surface area contributed by atoms with Crippen LogP contribution < -0.4 is 5.73 Å². The van der Waals surface area contributed by atoms with Crippen LogP contribution >= 0.6 is 11.6 Å². The predicted octanol–water partition coefficient (Wildman–Crippen LogP) is 2.30. The zero-order valence-corrected chi connectivity index (χ0v) is 7.85. The van der Waals surface area contributed by atoms with Gasteiger partial charge in [-0.2, -0.15) is 0 Å². The third-order valence-electron chi connectivity index (χ3n) is 1.60. The quantitative estimate of drug-likeness (QED) is 0.750. The highest BCUT2D eigenvalue weighted by atomic mass is 35.5. The van der Waals surface area contributed by atoms with E-state index < -0.39 is 17.4 Å². The third kappa shape index (κ3) is 2.02. The van der Waals surface area contributed by atoms with E-state index in [0.717, 1.165) is 0 Å². The van der Waals surface area contributed by atoms with E-state index in [9.17, 15) is 8.78 Å². The van der Waals surface area contributed by atoms with Gasteiger partial charge in [-0.3, -0.25) is 0 Å². The fourth-order valence-electron chi connectivity index (χ4n) is 0.942. The van der Waals surface area contributed by atoms with Gasteiger partial charge in [-0.05, 0) is 6.07 Å². The molecule has 0 bridgehead atoms. The largest absolute Gasteiger partial charge is 0.504 e. The van der Waals surface area contributed by atoms with Crippen molar-refractivity contribution in [3.63, 3.8) is 0 Å². The molecule has 14 heavy (non-hydrogen) atoms. The number of nitrogens with two attached hydrogens (primary N) is 1. The van der Waals surface area contributed by atoms with E-state index in [0.29, 0.717) is 6.07 Å². The van der Waals surface area contributed by atoms with Crippen molar-refractivity contribution in [2.45, 2.75) is 0 Å². The predicted molar refractivity (Wildman–Crippen MR) is 51.1 cm³/mol. The van der Waals surface area contributed by atoms with Crippen molar-refractivity contribution < 1.29 is 13.9 Å². The van der Waals surface area contributed by atoms with Gasteiger partial charge in [0, 0.05) is 6.54 Å². The molecule has 0 aliphatic rings. The lowest BCUT2D eigenvalue weighted by molar-refractivity contribution is 0.425. The zero-order chi connectivity index (χ0) is 10.7. The van der Waals surface area contributed by atoms with Crippen molar-refractivity contribution in [3.8, 4) is 5.75 Å². The number of phenolic OH excluding ortho intramolecular Hbond substituents is 1. The zero-order valence-electron chi connectivity index (χ0n) is 7.10. The Hall–Kier alpha value is -1.13. The van der Waals surface area contributed by atoms with Crippen molar-refractivity contribution in [3.05, 3.63) is 34.4 Å². The first-order valence-electron chi connectivity index (χ1n) is 3.81. The number of halogens is 3. The number of hydrogen-bond acceptors (Lipinski definition) is 2. The molecule has 0 radical (unpaired) electrons. The van der Waals surface area contributed by atoms with Crippen LogP contribution in [0.3, 0.4) is 0 Å². The monoisotopic (exact) mass is 219 g/mol. The van der Waals surface area contributed by atoms with Gasteiger partial charge < -0.3 is 10.8 Å². The maximum atomic E-state index is 13.2. The maximum absolute atomic E-state index is 13.2. The van der Waals surface area contributed by atoms with E-state index in [-0.39, 0.29) is 17.1 Å². The minimum Gasteiger partial charge on any atom is -0.504 e. The van der Waals surface area contributed by atoms with Gasteiger partial charge in [-0.1, -0.05) is 23.8 Å². The van der Waals surface area contributed by atoms with Crippen molar-refractivity contribution >= 4 is 17.7 Å². The van der Waals surface area contributed by atoms with Crippen molar-refractivity contribution in [2.75, 3.05) is 6.54 Å². The average molecular weight is 220 g/mol. The van der Waals surface area contributed by atoms with E-state index >= 15 is 0 Å². The van der Waals surface area contributed by atoms with Gasteiger partial charge in [0.05, 0.1) is 10.6 Å². The van der Waals surface area contributed by atoms with Crippen LogP contribution in [0.4, 0.5) is 8.78 Å². The fourth-order valence-corrected chi connectivity index (χ4v) is 1.14. The fraction of sp³-hybridized carbons (Fsp3) is 0.111. The maximum Gasteiger partial charge on any atom is 0.167 e. The first-order chi connectivity index (χ1) is 6.57. The molecule has 0 aromatic heterocycles. The molecule has 0 saturated carbocycles. The number of benzene rings is 1. The first kappa shape index (κ1) is 10.9. The molecule has 0 heterocycles. The molecule has 1 aromatic rings. The molecule has 5 heteroatoms. The molecule has 0 fully saturated rings. The highest BCUT2D eigenvalue weighted by Gasteiger charge is 2.14. The van der Waals surface area contributed by atoms with E-state index in [1.54, 1.807) is 0 Å². The summed E-state index contributed by atoms with van der Waals surface area (Å²) < 4.78 is 26.1. The second-order valence-corrected chi connectivity index (χ2v) is 2.96. The average Bonchev–Trinajstić information content (AvgIpc) is 2.15. The number of aromatic hydroxyl groups is 1. The van der Waals surface area contributed by atoms with E-state index in [2.05, 4.69) is 0 Å². The minimum atomic E-state index is -0.965. The van der Waals surface area contributed by atoms with Crippen LogP contribution in [0.5, 0.6) is 5.75 Å². The Labute approximate surface area is 84.6 Å². The SMILES string of the molecule is NC/C=C/c1c(O)c(F)cc(Cl)c1F. The van der Waals surface area contributed by atoms with Gasteiger partial charge in [0.1, 0.15) is 0 Å². The molecule has 0 amide bonds. The van der Waals surface area contributed by atoms with Gasteiger partial charge in [0.2, 0.25) is 0 Å². The minimum absolute atomic E-state index is 0.160. The van der Waals surface area contributed by atoms with E-state index in [1.165, 1.54) is 12.2 Å². The highest BCUT2D eigenvalue weighted by Crippen LogP contribution is 2.30. The smallest absolute Gasteiger partial charge is 0.167 e. The number of phenols is 1. The Morgan fingerprint density at radius 3 is 2.71 bits per heavy atom. The van der Waals surface area contributed by atoms with Crippen LogP contribution in [-0.2, 0) is 0 Å². The molecule has 0 aliphatic heterocycles. The van der Waals surface area contributed by atoms with Crippen LogP contribution in [0.25, 0.3) is 6.08 Å². The summed E-state index contributed by atoms with van der Waals surface area (Å²) in [7, 11) is 0. The van der Waals surface area contributed by atoms with Crippen molar-refractivity contribution in [1.29, 1.82) is 0 Å². The van der Waals surface area contributed by atoms with Crippen LogP contribution in [-0.4, -0.2) is 11.7 Å². The Balaban J connectivity index is 3.32.